The standard InChI is InChI=1S/C19H17ClN2O6S/c1-10-7-15(28-21-10)18(20)29(26,27)12-5-3-11(4-6-12)17(25)19-9-13(19)14(23)8-16(24)22(19)2/h3-7,13,18H,8-9H2,1-2H3. The number of nitrogens with zero attached hydrogens (tertiary/aromatic N) is 2. The van der Waals surface area contributed by atoms with Crippen LogP contribution in [0.5, 0.6) is 0 Å². The van der Waals surface area contributed by atoms with E-state index in [0.29, 0.717) is 12.1 Å². The molecule has 1 aliphatic heterocycles. The molecule has 2 aromatic rings. The largest absolute Gasteiger partial charge is 0.358 e. The molecule has 1 aromatic carbocycles. The molecule has 1 saturated carbocycles. The van der Waals surface area contributed by atoms with Gasteiger partial charge in [0.15, 0.2) is 16.3 Å². The van der Waals surface area contributed by atoms with E-state index in [0.717, 1.165) is 0 Å². The lowest BCUT2D eigenvalue weighted by Gasteiger charge is -2.31. The number of piperidine rings is 1. The van der Waals surface area contributed by atoms with Crippen LogP contribution in [-0.2, 0) is 19.4 Å². The van der Waals surface area contributed by atoms with Crippen molar-refractivity contribution in [2.45, 2.75) is 34.9 Å². The molecule has 2 fully saturated rings. The Balaban J connectivity index is 1.61. The SMILES string of the molecule is Cc1cc(C(Cl)S(=O)(=O)c2ccc(C(=O)C34CC3C(=O)CC(=O)N4C)cc2)on1. The number of Topliss-reactive ketones (excluding diaryl/α,β-unsaturated/α-hetero) is 2. The number of aromatic nitrogens is 1. The first-order valence-electron chi connectivity index (χ1n) is 8.84. The number of alkyl halides is 1. The van der Waals surface area contributed by atoms with Gasteiger partial charge in [-0.25, -0.2) is 8.42 Å². The number of ketones is 2. The first kappa shape index (κ1) is 19.8. The second-order valence-electron chi connectivity index (χ2n) is 7.36. The van der Waals surface area contributed by atoms with Gasteiger partial charge in [-0.2, -0.15) is 0 Å². The van der Waals surface area contributed by atoms with Crippen LogP contribution in [0.2, 0.25) is 0 Å². The van der Waals surface area contributed by atoms with Crippen molar-refractivity contribution in [1.29, 1.82) is 0 Å². The van der Waals surface area contributed by atoms with Crippen LogP contribution in [0.4, 0.5) is 0 Å². The number of aryl methyl sites for hydroxylation is 1. The van der Waals surface area contributed by atoms with Gasteiger partial charge >= 0.3 is 0 Å². The van der Waals surface area contributed by atoms with E-state index in [9.17, 15) is 22.8 Å². The zero-order valence-corrected chi connectivity index (χ0v) is 17.2. The molecule has 0 N–H and O–H groups in total. The van der Waals surface area contributed by atoms with E-state index in [-0.39, 0.29) is 40.1 Å². The molecule has 1 amide bonds. The Morgan fingerprint density at radius 3 is 2.55 bits per heavy atom. The number of carbonyl (C=O) groups excluding carboxylic acids is 3. The van der Waals surface area contributed by atoms with Crippen LogP contribution >= 0.6 is 11.6 Å². The van der Waals surface area contributed by atoms with E-state index in [4.69, 9.17) is 16.1 Å². The number of fused-ring (bicyclic) bond motifs is 1. The van der Waals surface area contributed by atoms with E-state index < -0.39 is 26.0 Å². The molecular weight excluding hydrogens is 420 g/mol. The normalized spacial score (nSPS) is 24.9. The number of amides is 1. The van der Waals surface area contributed by atoms with Crippen molar-refractivity contribution in [2.75, 3.05) is 7.05 Å². The first-order valence-corrected chi connectivity index (χ1v) is 10.8. The third-order valence-corrected chi connectivity index (χ3v) is 8.22. The van der Waals surface area contributed by atoms with Crippen molar-refractivity contribution in [1.82, 2.24) is 10.1 Å². The highest BCUT2D eigenvalue weighted by Gasteiger charge is 2.69. The maximum atomic E-state index is 13.0. The number of likely N-dealkylation sites (N-methyl/N-ethyl adjacent to an activating group) is 1. The Hall–Kier alpha value is -2.52. The number of carbonyl (C=O) groups is 3. The van der Waals surface area contributed by atoms with Crippen molar-refractivity contribution in [2.24, 2.45) is 5.92 Å². The molecule has 8 nitrogen and oxygen atoms in total. The zero-order chi connectivity index (χ0) is 21.1. The molecule has 10 heteroatoms. The van der Waals surface area contributed by atoms with Crippen LogP contribution in [0.1, 0.15) is 39.4 Å². The van der Waals surface area contributed by atoms with Gasteiger partial charge in [0.2, 0.25) is 15.7 Å². The lowest BCUT2D eigenvalue weighted by atomic mass is 9.93. The maximum absolute atomic E-state index is 13.0. The van der Waals surface area contributed by atoms with Crippen LogP contribution in [0.25, 0.3) is 0 Å². The lowest BCUT2D eigenvalue weighted by molar-refractivity contribution is -0.140. The predicted molar refractivity (Wildman–Crippen MR) is 101 cm³/mol. The van der Waals surface area contributed by atoms with Gasteiger partial charge in [0, 0.05) is 18.7 Å². The molecule has 1 saturated heterocycles. The Morgan fingerprint density at radius 1 is 1.31 bits per heavy atom. The smallest absolute Gasteiger partial charge is 0.230 e. The van der Waals surface area contributed by atoms with E-state index in [1.54, 1.807) is 6.92 Å². The molecule has 0 bridgehead atoms. The molecule has 2 heterocycles. The Labute approximate surface area is 171 Å². The minimum absolute atomic E-state index is 0.00452. The quantitative estimate of drug-likeness (QED) is 0.400. The Kier molecular flexibility index (Phi) is 4.43. The average molecular weight is 437 g/mol. The van der Waals surface area contributed by atoms with Crippen LogP contribution in [0, 0.1) is 12.8 Å². The topological polar surface area (TPSA) is 115 Å². The summed E-state index contributed by atoms with van der Waals surface area (Å²) in [5, 5.41) is 3.64. The molecule has 3 atom stereocenters. The van der Waals surface area contributed by atoms with Crippen molar-refractivity contribution >= 4 is 38.9 Å². The summed E-state index contributed by atoms with van der Waals surface area (Å²) < 4.78 is 28.9. The van der Waals surface area contributed by atoms with Gasteiger partial charge < -0.3 is 9.42 Å². The number of halogens is 1. The lowest BCUT2D eigenvalue weighted by Crippen LogP contribution is -2.51. The van der Waals surface area contributed by atoms with Gasteiger partial charge in [0.1, 0.15) is 11.3 Å². The molecule has 0 spiro atoms. The third-order valence-electron chi connectivity index (χ3n) is 5.60. The summed E-state index contributed by atoms with van der Waals surface area (Å²) in [6.45, 7) is 1.64. The van der Waals surface area contributed by atoms with Crippen LogP contribution < -0.4 is 0 Å². The van der Waals surface area contributed by atoms with Crippen molar-refractivity contribution < 1.29 is 27.3 Å². The number of rotatable bonds is 5. The summed E-state index contributed by atoms with van der Waals surface area (Å²) in [6, 6.07) is 6.73. The Bertz CT molecular complexity index is 1140. The van der Waals surface area contributed by atoms with Gasteiger partial charge in [0.05, 0.1) is 22.9 Å². The molecular formula is C19H17ClN2O6S. The van der Waals surface area contributed by atoms with Gasteiger partial charge in [0.25, 0.3) is 0 Å². The number of sulfone groups is 1. The maximum Gasteiger partial charge on any atom is 0.230 e. The summed E-state index contributed by atoms with van der Waals surface area (Å²) in [4.78, 5) is 38.3. The summed E-state index contributed by atoms with van der Waals surface area (Å²) in [7, 11) is -2.46. The van der Waals surface area contributed by atoms with Crippen molar-refractivity contribution in [3.63, 3.8) is 0 Å². The second kappa shape index (κ2) is 6.50. The number of benzene rings is 1. The van der Waals surface area contributed by atoms with Gasteiger partial charge in [-0.15, -0.1) is 0 Å². The highest BCUT2D eigenvalue weighted by molar-refractivity contribution is 7.92. The fourth-order valence-electron chi connectivity index (χ4n) is 3.83. The predicted octanol–water partition coefficient (Wildman–Crippen LogP) is 2.07. The molecule has 29 heavy (non-hydrogen) atoms. The van der Waals surface area contributed by atoms with Crippen molar-refractivity contribution in [3.8, 4) is 0 Å². The summed E-state index contributed by atoms with van der Waals surface area (Å²) in [5.74, 6) is -1.48. The second-order valence-corrected chi connectivity index (χ2v) is 10.1. The van der Waals surface area contributed by atoms with E-state index in [1.807, 2.05) is 0 Å². The zero-order valence-electron chi connectivity index (χ0n) is 15.6. The van der Waals surface area contributed by atoms with E-state index in [2.05, 4.69) is 5.16 Å². The van der Waals surface area contributed by atoms with Crippen molar-refractivity contribution in [3.05, 3.63) is 47.3 Å². The van der Waals surface area contributed by atoms with Crippen LogP contribution in [0.3, 0.4) is 0 Å². The number of hydrogen-bond donors (Lipinski definition) is 0. The van der Waals surface area contributed by atoms with E-state index in [1.165, 1.54) is 42.3 Å². The molecule has 3 unspecified atom stereocenters. The minimum atomic E-state index is -3.98. The number of likely N-dealkylation sites (tertiary alicyclic amines) is 1. The molecule has 0 radical (unpaired) electrons. The summed E-state index contributed by atoms with van der Waals surface area (Å²) >= 11 is 6.08. The monoisotopic (exact) mass is 436 g/mol. The highest BCUT2D eigenvalue weighted by Crippen LogP contribution is 2.53. The molecule has 2 aliphatic rings. The summed E-state index contributed by atoms with van der Waals surface area (Å²) in [5.41, 5.74) is -0.428. The molecule has 152 valence electrons. The van der Waals surface area contributed by atoms with Crippen LogP contribution in [0.15, 0.2) is 39.8 Å². The average Bonchev–Trinajstić information content (AvgIpc) is 3.33. The number of hydrogen-bond acceptors (Lipinski definition) is 7. The van der Waals surface area contributed by atoms with Gasteiger partial charge in [-0.3, -0.25) is 14.4 Å². The van der Waals surface area contributed by atoms with Gasteiger partial charge in [-0.05, 0) is 25.5 Å². The highest BCUT2D eigenvalue weighted by atomic mass is 35.5. The fourth-order valence-corrected chi connectivity index (χ4v) is 5.41. The third kappa shape index (κ3) is 2.91. The molecule has 1 aliphatic carbocycles. The minimum Gasteiger partial charge on any atom is -0.358 e. The summed E-state index contributed by atoms with van der Waals surface area (Å²) in [6.07, 6.45) is 0.104. The van der Waals surface area contributed by atoms with Gasteiger partial charge in [-0.1, -0.05) is 28.9 Å². The van der Waals surface area contributed by atoms with E-state index >= 15 is 0 Å². The fraction of sp³-hybridized carbons (Fsp3) is 0.368. The Morgan fingerprint density at radius 2 is 1.97 bits per heavy atom. The van der Waals surface area contributed by atoms with Crippen LogP contribution in [-0.4, -0.2) is 48.5 Å². The molecule has 4 rings (SSSR count). The first-order chi connectivity index (χ1) is 13.6. The molecule has 1 aromatic heterocycles.